The molecule has 0 radical (unpaired) electrons. The van der Waals surface area contributed by atoms with Crippen LogP contribution in [0.5, 0.6) is 0 Å². The molecule has 0 bridgehead atoms. The minimum Gasteiger partial charge on any atom is -0.481 e. The number of hydrogen-bond donors (Lipinski definition) is 2. The van der Waals surface area contributed by atoms with Crippen LogP contribution in [0.1, 0.15) is 25.3 Å². The zero-order chi connectivity index (χ0) is 11.3. The van der Waals surface area contributed by atoms with Crippen LogP contribution in [0.3, 0.4) is 0 Å². The van der Waals surface area contributed by atoms with Gasteiger partial charge in [0.15, 0.2) is 0 Å². The van der Waals surface area contributed by atoms with E-state index in [9.17, 15) is 4.79 Å². The summed E-state index contributed by atoms with van der Waals surface area (Å²) in [7, 11) is 0. The highest BCUT2D eigenvalue weighted by atomic mass is 16.4. The summed E-state index contributed by atoms with van der Waals surface area (Å²) >= 11 is 0. The average molecular weight is 206 g/mol. The van der Waals surface area contributed by atoms with Crippen LogP contribution in [0, 0.1) is 0 Å². The number of pyridine rings is 1. The van der Waals surface area contributed by atoms with E-state index in [2.05, 4.69) is 4.98 Å². The smallest absolute Gasteiger partial charge is 0.303 e. The number of carboxylic acid groups (broad SMARTS) is 1. The summed E-state index contributed by atoms with van der Waals surface area (Å²) in [5.74, 6) is -0.784. The van der Waals surface area contributed by atoms with Crippen LogP contribution >= 0.6 is 0 Å². The number of nitrogens with two attached hydrogens (primary N) is 1. The molecule has 0 unspecified atom stereocenters. The molecular formula is C11H14N2O2. The number of anilines is 1. The molecule has 0 saturated heterocycles. The Labute approximate surface area is 88.4 Å². The molecule has 0 aliphatic heterocycles. The first kappa shape index (κ1) is 11.2. The molecule has 4 heteroatoms. The van der Waals surface area contributed by atoms with Gasteiger partial charge in [-0.25, -0.2) is 0 Å². The predicted molar refractivity (Wildman–Crippen MR) is 59.2 cm³/mol. The summed E-state index contributed by atoms with van der Waals surface area (Å²) in [6, 6.07) is 1.80. The number of nitrogens with zero attached hydrogens (tertiary/aromatic N) is 1. The fraction of sp³-hybridized carbons (Fsp3) is 0.273. The summed E-state index contributed by atoms with van der Waals surface area (Å²) < 4.78 is 0. The van der Waals surface area contributed by atoms with Gasteiger partial charge in [0.25, 0.3) is 0 Å². The first-order valence-corrected chi connectivity index (χ1v) is 4.67. The Morgan fingerprint density at radius 2 is 2.27 bits per heavy atom. The topological polar surface area (TPSA) is 76.2 Å². The maximum absolute atomic E-state index is 10.4. The molecule has 1 rings (SSSR count). The van der Waals surface area contributed by atoms with Gasteiger partial charge in [0.05, 0.1) is 5.69 Å². The summed E-state index contributed by atoms with van der Waals surface area (Å²) in [5.41, 5.74) is 8.08. The van der Waals surface area contributed by atoms with Gasteiger partial charge in [-0.05, 0) is 25.0 Å². The van der Waals surface area contributed by atoms with Crippen molar-refractivity contribution in [2.24, 2.45) is 0 Å². The lowest BCUT2D eigenvalue weighted by molar-refractivity contribution is -0.136. The van der Waals surface area contributed by atoms with Crippen molar-refractivity contribution in [3.63, 3.8) is 0 Å². The molecule has 80 valence electrons. The van der Waals surface area contributed by atoms with Crippen LogP contribution in [-0.2, 0) is 4.79 Å². The van der Waals surface area contributed by atoms with Gasteiger partial charge >= 0.3 is 5.97 Å². The Bertz CT molecular complexity index is 386. The number of hydrogen-bond acceptors (Lipinski definition) is 3. The summed E-state index contributed by atoms with van der Waals surface area (Å²) in [4.78, 5) is 14.3. The second-order valence-electron chi connectivity index (χ2n) is 3.44. The van der Waals surface area contributed by atoms with Gasteiger partial charge in [-0.2, -0.15) is 0 Å². The Hall–Kier alpha value is -1.84. The summed E-state index contributed by atoms with van der Waals surface area (Å²) in [6.07, 6.45) is 5.86. The fourth-order valence-electron chi connectivity index (χ4n) is 1.22. The molecule has 1 aromatic heterocycles. The Morgan fingerprint density at radius 3 is 2.87 bits per heavy atom. The SMILES string of the molecule is C/C(=C\c1cncc(N)c1)CCC(=O)O. The maximum Gasteiger partial charge on any atom is 0.303 e. The molecule has 3 N–H and O–H groups in total. The van der Waals surface area contributed by atoms with Crippen molar-refractivity contribution in [1.82, 2.24) is 4.98 Å². The van der Waals surface area contributed by atoms with E-state index in [1.165, 1.54) is 0 Å². The van der Waals surface area contributed by atoms with Gasteiger partial charge in [0.2, 0.25) is 0 Å². The minimum atomic E-state index is -0.784. The minimum absolute atomic E-state index is 0.151. The van der Waals surface area contributed by atoms with E-state index in [0.29, 0.717) is 12.1 Å². The third-order valence-electron chi connectivity index (χ3n) is 1.93. The second-order valence-corrected chi connectivity index (χ2v) is 3.44. The lowest BCUT2D eigenvalue weighted by atomic mass is 10.1. The predicted octanol–water partition coefficient (Wildman–Crippen LogP) is 1.93. The second kappa shape index (κ2) is 5.14. The van der Waals surface area contributed by atoms with Gasteiger partial charge < -0.3 is 10.8 Å². The van der Waals surface area contributed by atoms with Crippen molar-refractivity contribution in [2.45, 2.75) is 19.8 Å². The highest BCUT2D eigenvalue weighted by Crippen LogP contribution is 2.12. The molecule has 0 fully saturated rings. The van der Waals surface area contributed by atoms with Crippen LogP contribution in [0.2, 0.25) is 0 Å². The molecular weight excluding hydrogens is 192 g/mol. The van der Waals surface area contributed by atoms with Crippen molar-refractivity contribution in [3.05, 3.63) is 29.6 Å². The monoisotopic (exact) mass is 206 g/mol. The highest BCUT2D eigenvalue weighted by molar-refractivity contribution is 5.67. The Kier molecular flexibility index (Phi) is 3.85. The number of carbonyl (C=O) groups is 1. The van der Waals surface area contributed by atoms with Crippen LogP contribution in [0.25, 0.3) is 6.08 Å². The van der Waals surface area contributed by atoms with Gasteiger partial charge in [-0.3, -0.25) is 9.78 Å². The van der Waals surface area contributed by atoms with E-state index in [-0.39, 0.29) is 6.42 Å². The first-order chi connectivity index (χ1) is 7.08. The largest absolute Gasteiger partial charge is 0.481 e. The zero-order valence-electron chi connectivity index (χ0n) is 8.60. The van der Waals surface area contributed by atoms with Crippen molar-refractivity contribution in [3.8, 4) is 0 Å². The van der Waals surface area contributed by atoms with Gasteiger partial charge in [-0.15, -0.1) is 0 Å². The van der Waals surface area contributed by atoms with Crippen LogP contribution in [0.15, 0.2) is 24.0 Å². The van der Waals surface area contributed by atoms with E-state index in [0.717, 1.165) is 11.1 Å². The normalized spacial score (nSPS) is 11.4. The number of nitrogen functional groups attached to an aromatic ring is 1. The standard InChI is InChI=1S/C11H14N2O2/c1-8(2-3-11(14)15)4-9-5-10(12)7-13-6-9/h4-7H,2-3,12H2,1H3,(H,14,15)/b8-4+. The van der Waals surface area contributed by atoms with Gasteiger partial charge in [-0.1, -0.05) is 11.6 Å². The number of aromatic nitrogens is 1. The maximum atomic E-state index is 10.4. The molecule has 1 aromatic rings. The van der Waals surface area contributed by atoms with E-state index in [1.54, 1.807) is 18.5 Å². The van der Waals surface area contributed by atoms with E-state index in [1.807, 2.05) is 13.0 Å². The molecule has 0 saturated carbocycles. The average Bonchev–Trinajstić information content (AvgIpc) is 2.15. The van der Waals surface area contributed by atoms with Gasteiger partial charge in [0, 0.05) is 18.8 Å². The first-order valence-electron chi connectivity index (χ1n) is 4.67. The third kappa shape index (κ3) is 4.26. The van der Waals surface area contributed by atoms with Crippen molar-refractivity contribution in [1.29, 1.82) is 0 Å². The zero-order valence-corrected chi connectivity index (χ0v) is 8.60. The quantitative estimate of drug-likeness (QED) is 0.789. The summed E-state index contributed by atoms with van der Waals surface area (Å²) in [6.45, 7) is 1.89. The van der Waals surface area contributed by atoms with Crippen LogP contribution in [0.4, 0.5) is 5.69 Å². The molecule has 15 heavy (non-hydrogen) atoms. The fourth-order valence-corrected chi connectivity index (χ4v) is 1.22. The molecule has 4 nitrogen and oxygen atoms in total. The van der Waals surface area contributed by atoms with Crippen LogP contribution in [-0.4, -0.2) is 16.1 Å². The molecule has 0 aliphatic rings. The van der Waals surface area contributed by atoms with Crippen molar-refractivity contribution >= 4 is 17.7 Å². The van der Waals surface area contributed by atoms with Gasteiger partial charge in [0.1, 0.15) is 0 Å². The summed E-state index contributed by atoms with van der Waals surface area (Å²) in [5, 5.41) is 8.51. The van der Waals surface area contributed by atoms with Crippen LogP contribution < -0.4 is 5.73 Å². The van der Waals surface area contributed by atoms with E-state index >= 15 is 0 Å². The molecule has 0 spiro atoms. The third-order valence-corrected chi connectivity index (χ3v) is 1.93. The molecule has 0 aliphatic carbocycles. The van der Waals surface area contributed by atoms with E-state index < -0.39 is 5.97 Å². The van der Waals surface area contributed by atoms with Crippen molar-refractivity contribution in [2.75, 3.05) is 5.73 Å². The Balaban J connectivity index is 2.65. The number of carboxylic acids is 1. The Morgan fingerprint density at radius 1 is 1.53 bits per heavy atom. The number of aliphatic carboxylic acids is 1. The molecule has 0 amide bonds. The molecule has 1 heterocycles. The van der Waals surface area contributed by atoms with E-state index in [4.69, 9.17) is 10.8 Å². The highest BCUT2D eigenvalue weighted by Gasteiger charge is 1.98. The molecule has 0 aromatic carbocycles. The van der Waals surface area contributed by atoms with Crippen molar-refractivity contribution < 1.29 is 9.90 Å². The number of rotatable bonds is 4. The number of allylic oxidation sites excluding steroid dienone is 1. The lowest BCUT2D eigenvalue weighted by Crippen LogP contribution is -1.94. The lowest BCUT2D eigenvalue weighted by Gasteiger charge is -1.99. The molecule has 0 atom stereocenters.